The molecule has 0 saturated carbocycles. The first-order chi connectivity index (χ1) is 12.3. The first-order valence-corrected chi connectivity index (χ1v) is 8.05. The molecule has 2 N–H and O–H groups in total. The van der Waals surface area contributed by atoms with Crippen molar-refractivity contribution >= 4 is 34.1 Å². The van der Waals surface area contributed by atoms with Crippen LogP contribution >= 0.6 is 11.6 Å². The highest BCUT2D eigenvalue weighted by molar-refractivity contribution is 6.32. The Balaban J connectivity index is 1.49. The molecule has 4 aromatic rings. The highest BCUT2D eigenvalue weighted by Crippen LogP contribution is 2.30. The topological polar surface area (TPSA) is 75.7 Å². The zero-order chi connectivity index (χ0) is 17.1. The summed E-state index contributed by atoms with van der Waals surface area (Å²) in [5.41, 5.74) is 3.43. The van der Waals surface area contributed by atoms with Gasteiger partial charge in [0.2, 0.25) is 0 Å². The smallest absolute Gasteiger partial charge is 0.178 e. The molecule has 0 radical (unpaired) electrons. The van der Waals surface area contributed by atoms with Gasteiger partial charge in [0, 0.05) is 29.8 Å². The first kappa shape index (κ1) is 15.4. The summed E-state index contributed by atoms with van der Waals surface area (Å²) in [6.07, 6.45) is 5.22. The lowest BCUT2D eigenvalue weighted by atomic mass is 10.3. The highest BCUT2D eigenvalue weighted by Gasteiger charge is 2.09. The molecule has 1 aromatic carbocycles. The van der Waals surface area contributed by atoms with Crippen molar-refractivity contribution in [1.82, 2.24) is 20.2 Å². The Kier molecular flexibility index (Phi) is 4.18. The molecule has 3 aromatic heterocycles. The fourth-order valence-electron chi connectivity index (χ4n) is 2.42. The summed E-state index contributed by atoms with van der Waals surface area (Å²) in [4.78, 5) is 8.38. The molecule has 6 nitrogen and oxygen atoms in total. The van der Waals surface area contributed by atoms with Gasteiger partial charge in [-0.1, -0.05) is 17.7 Å². The van der Waals surface area contributed by atoms with Crippen LogP contribution in [-0.4, -0.2) is 20.2 Å². The van der Waals surface area contributed by atoms with Crippen molar-refractivity contribution in [2.45, 2.75) is 6.61 Å². The third-order valence-corrected chi connectivity index (χ3v) is 3.93. The number of pyridine rings is 2. The summed E-state index contributed by atoms with van der Waals surface area (Å²) in [5, 5.41) is 10.9. The zero-order valence-corrected chi connectivity index (χ0v) is 13.9. The second kappa shape index (κ2) is 6.78. The Morgan fingerprint density at radius 3 is 2.88 bits per heavy atom. The molecule has 3 heterocycles. The number of ether oxygens (including phenoxy) is 1. The van der Waals surface area contributed by atoms with Crippen molar-refractivity contribution in [1.29, 1.82) is 0 Å². The van der Waals surface area contributed by atoms with Crippen LogP contribution in [0.2, 0.25) is 5.02 Å². The maximum absolute atomic E-state index is 6.33. The molecule has 0 amide bonds. The maximum Gasteiger partial charge on any atom is 0.178 e. The number of rotatable bonds is 5. The largest absolute Gasteiger partial charge is 0.487 e. The fraction of sp³-hybridized carbons (Fsp3) is 0.0556. The van der Waals surface area contributed by atoms with Crippen molar-refractivity contribution < 1.29 is 4.74 Å². The minimum absolute atomic E-state index is 0.411. The number of fused-ring (bicyclic) bond motifs is 1. The Morgan fingerprint density at radius 1 is 1.12 bits per heavy atom. The Morgan fingerprint density at radius 2 is 2.04 bits per heavy atom. The van der Waals surface area contributed by atoms with E-state index in [-0.39, 0.29) is 0 Å². The Bertz CT molecular complexity index is 1000. The van der Waals surface area contributed by atoms with Crippen LogP contribution in [0.5, 0.6) is 5.75 Å². The summed E-state index contributed by atoms with van der Waals surface area (Å²) in [6.45, 7) is 0.411. The Hall–Kier alpha value is -3.12. The molecule has 0 aliphatic heterocycles. The summed E-state index contributed by atoms with van der Waals surface area (Å²) in [6, 6.07) is 13.1. The number of anilines is 2. The van der Waals surface area contributed by atoms with Crippen LogP contribution in [0, 0.1) is 0 Å². The van der Waals surface area contributed by atoms with Gasteiger partial charge in [-0.2, -0.15) is 5.10 Å². The Labute approximate surface area is 148 Å². The molecule has 7 heteroatoms. The van der Waals surface area contributed by atoms with Crippen molar-refractivity contribution in [3.8, 4) is 5.75 Å². The van der Waals surface area contributed by atoms with E-state index in [4.69, 9.17) is 16.3 Å². The molecular weight excluding hydrogens is 338 g/mol. The predicted octanol–water partition coefficient (Wildman–Crippen LogP) is 4.33. The molecule has 0 saturated heterocycles. The van der Waals surface area contributed by atoms with Crippen LogP contribution in [0.4, 0.5) is 11.5 Å². The minimum Gasteiger partial charge on any atom is -0.487 e. The fourth-order valence-corrected chi connectivity index (χ4v) is 2.65. The van der Waals surface area contributed by atoms with Gasteiger partial charge in [-0.05, 0) is 36.4 Å². The number of aromatic amines is 1. The standard InChI is InChI=1S/C18H14ClN5O/c19-14-9-13(22-18-17-15(23-24-18)4-2-8-21-17)5-6-16(14)25-11-12-3-1-7-20-10-12/h1-10H,11H2,(H2,22,23,24). The predicted molar refractivity (Wildman–Crippen MR) is 97.2 cm³/mol. The van der Waals surface area contributed by atoms with Crippen molar-refractivity contribution in [2.24, 2.45) is 0 Å². The van der Waals surface area contributed by atoms with Gasteiger partial charge in [-0.25, -0.2) is 0 Å². The lowest BCUT2D eigenvalue weighted by Crippen LogP contribution is -1.97. The summed E-state index contributed by atoms with van der Waals surface area (Å²) < 4.78 is 5.75. The van der Waals surface area contributed by atoms with Crippen LogP contribution < -0.4 is 10.1 Å². The SMILES string of the molecule is Clc1cc(Nc2n[nH]c3cccnc23)ccc1OCc1cccnc1. The average Bonchev–Trinajstić information content (AvgIpc) is 3.05. The third kappa shape index (κ3) is 3.39. The van der Waals surface area contributed by atoms with Gasteiger partial charge >= 0.3 is 0 Å². The summed E-state index contributed by atoms with van der Waals surface area (Å²) in [5.74, 6) is 1.26. The van der Waals surface area contributed by atoms with E-state index in [1.54, 1.807) is 24.7 Å². The van der Waals surface area contributed by atoms with Crippen LogP contribution in [0.15, 0.2) is 61.1 Å². The van der Waals surface area contributed by atoms with Crippen LogP contribution in [-0.2, 0) is 6.61 Å². The molecule has 0 fully saturated rings. The number of nitrogens with one attached hydrogen (secondary N) is 2. The van der Waals surface area contributed by atoms with Gasteiger partial charge < -0.3 is 10.1 Å². The van der Waals surface area contributed by atoms with Crippen molar-refractivity contribution in [3.63, 3.8) is 0 Å². The molecule has 124 valence electrons. The van der Waals surface area contributed by atoms with Gasteiger partial charge in [0.15, 0.2) is 5.82 Å². The number of benzene rings is 1. The molecule has 25 heavy (non-hydrogen) atoms. The summed E-state index contributed by atoms with van der Waals surface area (Å²) >= 11 is 6.33. The van der Waals surface area contributed by atoms with E-state index in [1.807, 2.05) is 36.4 Å². The second-order valence-electron chi connectivity index (χ2n) is 5.39. The number of aromatic nitrogens is 4. The molecule has 0 unspecified atom stereocenters. The quantitative estimate of drug-likeness (QED) is 0.559. The number of nitrogens with zero attached hydrogens (tertiary/aromatic N) is 3. The van der Waals surface area contributed by atoms with Crippen LogP contribution in [0.25, 0.3) is 11.0 Å². The number of hydrogen-bond donors (Lipinski definition) is 2. The molecule has 0 aliphatic rings. The maximum atomic E-state index is 6.33. The van der Waals surface area contributed by atoms with Crippen LogP contribution in [0.1, 0.15) is 5.56 Å². The highest BCUT2D eigenvalue weighted by atomic mass is 35.5. The molecule has 0 spiro atoms. The van der Waals surface area contributed by atoms with Crippen molar-refractivity contribution in [2.75, 3.05) is 5.32 Å². The van der Waals surface area contributed by atoms with Crippen LogP contribution in [0.3, 0.4) is 0 Å². The number of H-pyrrole nitrogens is 1. The molecule has 0 atom stereocenters. The lowest BCUT2D eigenvalue weighted by molar-refractivity contribution is 0.306. The molecular formula is C18H14ClN5O. The summed E-state index contributed by atoms with van der Waals surface area (Å²) in [7, 11) is 0. The number of hydrogen-bond acceptors (Lipinski definition) is 5. The van der Waals surface area contributed by atoms with Gasteiger partial charge in [-0.15, -0.1) is 0 Å². The van der Waals surface area contributed by atoms with E-state index in [0.717, 1.165) is 22.3 Å². The van der Waals surface area contributed by atoms with E-state index >= 15 is 0 Å². The monoisotopic (exact) mass is 351 g/mol. The molecule has 0 aliphatic carbocycles. The van der Waals surface area contributed by atoms with E-state index < -0.39 is 0 Å². The van der Waals surface area contributed by atoms with Gasteiger partial charge in [-0.3, -0.25) is 15.1 Å². The van der Waals surface area contributed by atoms with E-state index in [2.05, 4.69) is 25.5 Å². The van der Waals surface area contributed by atoms with Gasteiger partial charge in [0.25, 0.3) is 0 Å². The second-order valence-corrected chi connectivity index (χ2v) is 5.80. The van der Waals surface area contributed by atoms with E-state index in [9.17, 15) is 0 Å². The molecule has 0 bridgehead atoms. The van der Waals surface area contributed by atoms with E-state index in [1.165, 1.54) is 0 Å². The van der Waals surface area contributed by atoms with Gasteiger partial charge in [0.1, 0.15) is 17.9 Å². The third-order valence-electron chi connectivity index (χ3n) is 3.63. The zero-order valence-electron chi connectivity index (χ0n) is 13.1. The first-order valence-electron chi connectivity index (χ1n) is 7.67. The normalized spacial score (nSPS) is 10.8. The number of halogens is 1. The van der Waals surface area contributed by atoms with Gasteiger partial charge in [0.05, 0.1) is 10.5 Å². The molecule has 4 rings (SSSR count). The van der Waals surface area contributed by atoms with Crippen molar-refractivity contribution in [3.05, 3.63) is 71.6 Å². The lowest BCUT2D eigenvalue weighted by Gasteiger charge is -2.10. The van der Waals surface area contributed by atoms with E-state index in [0.29, 0.717) is 23.2 Å². The average molecular weight is 352 g/mol. The minimum atomic E-state index is 0.411.